The van der Waals surface area contributed by atoms with Crippen molar-refractivity contribution in [2.45, 2.75) is 35.9 Å². The summed E-state index contributed by atoms with van der Waals surface area (Å²) in [5, 5.41) is 13.2. The summed E-state index contributed by atoms with van der Waals surface area (Å²) in [5.41, 5.74) is 1.75. The molecule has 0 radical (unpaired) electrons. The molecule has 0 N–H and O–H groups in total. The number of amides is 1. The van der Waals surface area contributed by atoms with Crippen LogP contribution in [0.2, 0.25) is 0 Å². The molecule has 0 aliphatic heterocycles. The van der Waals surface area contributed by atoms with Crippen LogP contribution < -0.4 is 9.64 Å². The molecular formula is C18H18N4O3S2. The Morgan fingerprint density at radius 1 is 1.33 bits per heavy atom. The number of carbonyl (C=O) groups is 1. The van der Waals surface area contributed by atoms with Crippen LogP contribution in [0.5, 0.6) is 5.75 Å². The second-order valence-corrected chi connectivity index (χ2v) is 8.34. The number of hydrogen-bond donors (Lipinski definition) is 0. The minimum atomic E-state index is 0.0181. The van der Waals surface area contributed by atoms with E-state index in [-0.39, 0.29) is 11.9 Å². The minimum Gasteiger partial charge on any atom is -0.497 e. The number of rotatable bonds is 7. The number of thioether (sulfide) groups is 1. The highest BCUT2D eigenvalue weighted by molar-refractivity contribution is 8.00. The quantitative estimate of drug-likeness (QED) is 0.436. The van der Waals surface area contributed by atoms with Crippen molar-refractivity contribution in [2.24, 2.45) is 0 Å². The number of carbonyl (C=O) groups excluding carboxylic acids is 1. The molecule has 1 amide bonds. The molecule has 1 aliphatic carbocycles. The summed E-state index contributed by atoms with van der Waals surface area (Å²) in [4.78, 5) is 13.6. The summed E-state index contributed by atoms with van der Waals surface area (Å²) in [6, 6.07) is 9.87. The van der Waals surface area contributed by atoms with Crippen LogP contribution in [-0.4, -0.2) is 34.4 Å². The van der Waals surface area contributed by atoms with Crippen LogP contribution in [0.15, 0.2) is 39.2 Å². The van der Waals surface area contributed by atoms with Gasteiger partial charge in [-0.05, 0) is 37.1 Å². The average molecular weight is 403 g/mol. The van der Waals surface area contributed by atoms with Gasteiger partial charge in [0.05, 0.1) is 12.9 Å². The summed E-state index contributed by atoms with van der Waals surface area (Å²) in [6.45, 7) is 1.57. The molecule has 1 aromatic carbocycles. The lowest BCUT2D eigenvalue weighted by molar-refractivity contribution is -0.116. The first-order chi connectivity index (χ1) is 13.1. The Hall–Kier alpha value is -2.39. The fourth-order valence-corrected chi connectivity index (χ4v) is 4.48. The van der Waals surface area contributed by atoms with Gasteiger partial charge in [-0.25, -0.2) is 0 Å². The largest absolute Gasteiger partial charge is 0.497 e. The van der Waals surface area contributed by atoms with Crippen LogP contribution in [0.25, 0.3) is 11.3 Å². The lowest BCUT2D eigenvalue weighted by Crippen LogP contribution is -2.30. The normalized spacial score (nSPS) is 13.6. The van der Waals surface area contributed by atoms with Crippen LogP contribution in [0.4, 0.5) is 5.13 Å². The van der Waals surface area contributed by atoms with E-state index in [1.807, 2.05) is 30.3 Å². The number of nitrogens with zero attached hydrogens (tertiary/aromatic N) is 4. The summed E-state index contributed by atoms with van der Waals surface area (Å²) >= 11 is 2.96. The summed E-state index contributed by atoms with van der Waals surface area (Å²) < 4.78 is 11.4. The van der Waals surface area contributed by atoms with E-state index < -0.39 is 0 Å². The van der Waals surface area contributed by atoms with Gasteiger partial charge in [-0.15, -0.1) is 10.2 Å². The maximum Gasteiger partial charge on any atom is 0.225 e. The molecule has 0 bridgehead atoms. The van der Waals surface area contributed by atoms with E-state index in [0.717, 1.165) is 39.9 Å². The van der Waals surface area contributed by atoms with Gasteiger partial charge in [-0.2, -0.15) is 0 Å². The molecule has 2 heterocycles. The molecular weight excluding hydrogens is 384 g/mol. The summed E-state index contributed by atoms with van der Waals surface area (Å²) in [6.07, 6.45) is 2.07. The Bertz CT molecular complexity index is 934. The Morgan fingerprint density at radius 3 is 2.78 bits per heavy atom. The van der Waals surface area contributed by atoms with Crippen molar-refractivity contribution in [3.05, 3.63) is 36.1 Å². The molecule has 0 saturated heterocycles. The second kappa shape index (κ2) is 7.69. The van der Waals surface area contributed by atoms with Crippen LogP contribution in [-0.2, 0) is 10.5 Å². The van der Waals surface area contributed by atoms with Crippen LogP contribution in [0, 0.1) is 0 Å². The number of aromatic nitrogens is 3. The average Bonchev–Trinajstić information content (AvgIpc) is 3.19. The molecule has 27 heavy (non-hydrogen) atoms. The van der Waals surface area contributed by atoms with Crippen LogP contribution >= 0.6 is 23.1 Å². The summed E-state index contributed by atoms with van der Waals surface area (Å²) in [5.74, 6) is 2.18. The van der Waals surface area contributed by atoms with E-state index in [2.05, 4.69) is 15.4 Å². The monoisotopic (exact) mass is 402 g/mol. The molecule has 0 spiro atoms. The zero-order valence-electron chi connectivity index (χ0n) is 14.9. The molecule has 1 fully saturated rings. The molecule has 1 aliphatic rings. The van der Waals surface area contributed by atoms with Gasteiger partial charge in [0.1, 0.15) is 17.2 Å². The van der Waals surface area contributed by atoms with E-state index in [0.29, 0.717) is 10.9 Å². The van der Waals surface area contributed by atoms with Gasteiger partial charge < -0.3 is 9.26 Å². The van der Waals surface area contributed by atoms with Gasteiger partial charge in [0, 0.05) is 24.6 Å². The number of ether oxygens (including phenoxy) is 1. The fraction of sp³-hybridized carbons (Fsp3) is 0.333. The zero-order chi connectivity index (χ0) is 18.8. The number of hydrogen-bond acceptors (Lipinski definition) is 8. The van der Waals surface area contributed by atoms with Crippen molar-refractivity contribution in [1.29, 1.82) is 0 Å². The predicted octanol–water partition coefficient (Wildman–Crippen LogP) is 4.01. The molecule has 1 saturated carbocycles. The maximum atomic E-state index is 11.8. The lowest BCUT2D eigenvalue weighted by Gasteiger charge is -2.15. The van der Waals surface area contributed by atoms with E-state index >= 15 is 0 Å². The third-order valence-corrected chi connectivity index (χ3v) is 6.21. The van der Waals surface area contributed by atoms with Crippen molar-refractivity contribution in [3.8, 4) is 17.0 Å². The lowest BCUT2D eigenvalue weighted by atomic mass is 10.1. The fourth-order valence-electron chi connectivity index (χ4n) is 2.65. The van der Waals surface area contributed by atoms with Crippen molar-refractivity contribution in [3.63, 3.8) is 0 Å². The molecule has 4 rings (SSSR count). The van der Waals surface area contributed by atoms with E-state index in [1.165, 1.54) is 23.1 Å². The van der Waals surface area contributed by atoms with Gasteiger partial charge in [-0.3, -0.25) is 9.69 Å². The first-order valence-corrected chi connectivity index (χ1v) is 10.3. The highest BCUT2D eigenvalue weighted by Crippen LogP contribution is 2.36. The SMILES string of the molecule is COc1ccc(-c2cc(CSc3nnc(N(C(C)=O)C4CC4)s3)on2)cc1. The second-order valence-electron chi connectivity index (χ2n) is 6.17. The first-order valence-electron chi connectivity index (χ1n) is 8.50. The highest BCUT2D eigenvalue weighted by atomic mass is 32.2. The molecule has 140 valence electrons. The predicted molar refractivity (Wildman–Crippen MR) is 104 cm³/mol. The Labute approximate surface area is 164 Å². The summed E-state index contributed by atoms with van der Waals surface area (Å²) in [7, 11) is 1.64. The maximum absolute atomic E-state index is 11.8. The van der Waals surface area contributed by atoms with Crippen molar-refractivity contribution >= 4 is 34.1 Å². The van der Waals surface area contributed by atoms with Crippen LogP contribution in [0.3, 0.4) is 0 Å². The van der Waals surface area contributed by atoms with Gasteiger partial charge in [-0.1, -0.05) is 28.3 Å². The standard InChI is InChI=1S/C18H18N4O3S2/c1-11(23)22(13-5-6-13)17-19-20-18(27-17)26-10-15-9-16(21-25-15)12-3-7-14(24-2)8-4-12/h3-4,7-9,13H,5-6,10H2,1-2H3. The molecule has 9 heteroatoms. The number of benzene rings is 1. The first kappa shape index (κ1) is 18.0. The van der Waals surface area contributed by atoms with Gasteiger partial charge in [0.15, 0.2) is 4.34 Å². The van der Waals surface area contributed by atoms with Crippen molar-refractivity contribution < 1.29 is 14.1 Å². The zero-order valence-corrected chi connectivity index (χ0v) is 16.5. The molecule has 0 atom stereocenters. The molecule has 7 nitrogen and oxygen atoms in total. The highest BCUT2D eigenvalue weighted by Gasteiger charge is 2.34. The van der Waals surface area contributed by atoms with E-state index in [4.69, 9.17) is 9.26 Å². The van der Waals surface area contributed by atoms with E-state index in [1.54, 1.807) is 18.9 Å². The number of anilines is 1. The van der Waals surface area contributed by atoms with Crippen LogP contribution in [0.1, 0.15) is 25.5 Å². The molecule has 2 aromatic heterocycles. The third-order valence-electron chi connectivity index (χ3n) is 4.14. The van der Waals surface area contributed by atoms with E-state index in [9.17, 15) is 4.79 Å². The van der Waals surface area contributed by atoms with Gasteiger partial charge in [0.2, 0.25) is 11.0 Å². The molecule has 0 unspecified atom stereocenters. The Morgan fingerprint density at radius 2 is 2.11 bits per heavy atom. The van der Waals surface area contributed by atoms with Gasteiger partial charge in [0.25, 0.3) is 0 Å². The number of methoxy groups -OCH3 is 1. The minimum absolute atomic E-state index is 0.0181. The topological polar surface area (TPSA) is 81.4 Å². The van der Waals surface area contributed by atoms with Crippen molar-refractivity contribution in [1.82, 2.24) is 15.4 Å². The third kappa shape index (κ3) is 4.14. The van der Waals surface area contributed by atoms with Gasteiger partial charge >= 0.3 is 0 Å². The Balaban J connectivity index is 1.39. The smallest absolute Gasteiger partial charge is 0.225 e. The molecule has 3 aromatic rings. The van der Waals surface area contributed by atoms with Crippen molar-refractivity contribution in [2.75, 3.05) is 12.0 Å². The Kier molecular flexibility index (Phi) is 5.13.